The van der Waals surface area contributed by atoms with Crippen LogP contribution in [0.5, 0.6) is 0 Å². The van der Waals surface area contributed by atoms with Crippen LogP contribution in [0.15, 0.2) is 4.52 Å². The van der Waals surface area contributed by atoms with E-state index < -0.39 is 17.8 Å². The van der Waals surface area contributed by atoms with Crippen molar-refractivity contribution >= 4 is 28.2 Å². The lowest BCUT2D eigenvalue weighted by Crippen LogP contribution is -2.36. The monoisotopic (exact) mass is 419 g/mol. The Morgan fingerprint density at radius 3 is 2.69 bits per heavy atom. The second-order valence-electron chi connectivity index (χ2n) is 7.95. The molecule has 0 bridgehead atoms. The normalized spacial score (nSPS) is 21.8. The fourth-order valence-corrected chi connectivity index (χ4v) is 5.24. The minimum Gasteiger partial charge on any atom is -0.481 e. The smallest absolute Gasteiger partial charge is 0.307 e. The Morgan fingerprint density at radius 1 is 1.24 bits per heavy atom. The van der Waals surface area contributed by atoms with Gasteiger partial charge in [0.2, 0.25) is 5.91 Å². The zero-order valence-corrected chi connectivity index (χ0v) is 17.4. The van der Waals surface area contributed by atoms with Crippen LogP contribution in [0.1, 0.15) is 61.7 Å². The van der Waals surface area contributed by atoms with E-state index in [2.05, 4.69) is 15.5 Å². The van der Waals surface area contributed by atoms with Crippen molar-refractivity contribution in [3.63, 3.8) is 0 Å². The number of carboxylic acids is 1. The molecule has 4 rings (SSSR count). The summed E-state index contributed by atoms with van der Waals surface area (Å²) in [5.74, 6) is -1.19. The van der Waals surface area contributed by atoms with Crippen LogP contribution in [0.4, 0.5) is 5.00 Å². The van der Waals surface area contributed by atoms with Crippen LogP contribution in [0, 0.1) is 11.8 Å². The lowest BCUT2D eigenvalue weighted by Gasteiger charge is -2.27. The van der Waals surface area contributed by atoms with Crippen molar-refractivity contribution in [1.82, 2.24) is 10.1 Å². The van der Waals surface area contributed by atoms with Gasteiger partial charge in [-0.25, -0.2) is 0 Å². The van der Waals surface area contributed by atoms with Crippen molar-refractivity contribution in [2.24, 2.45) is 11.8 Å². The Labute approximate surface area is 172 Å². The third-order valence-electron chi connectivity index (χ3n) is 5.65. The summed E-state index contributed by atoms with van der Waals surface area (Å²) in [6.07, 6.45) is 3.54. The summed E-state index contributed by atoms with van der Waals surface area (Å²) in [5, 5.41) is 17.2. The van der Waals surface area contributed by atoms with E-state index in [1.165, 1.54) is 11.3 Å². The molecule has 1 aliphatic heterocycles. The van der Waals surface area contributed by atoms with Gasteiger partial charge in [-0.2, -0.15) is 4.98 Å². The van der Waals surface area contributed by atoms with E-state index in [0.29, 0.717) is 49.2 Å². The average Bonchev–Trinajstić information content (AvgIpc) is 3.32. The molecule has 1 saturated carbocycles. The van der Waals surface area contributed by atoms with Gasteiger partial charge in [-0.3, -0.25) is 9.59 Å². The van der Waals surface area contributed by atoms with Crippen molar-refractivity contribution < 1.29 is 24.0 Å². The SMILES string of the molecule is CC(C)c1noc(-c2c(NC(=O)[C@@H]3CCCC[C@H]3C(=O)O)sc3c2CCOC3)n1. The number of carboxylic acid groups (broad SMARTS) is 1. The largest absolute Gasteiger partial charge is 0.481 e. The Morgan fingerprint density at radius 2 is 2.00 bits per heavy atom. The summed E-state index contributed by atoms with van der Waals surface area (Å²) in [4.78, 5) is 30.2. The first kappa shape index (κ1) is 20.0. The molecule has 9 heteroatoms. The summed E-state index contributed by atoms with van der Waals surface area (Å²) < 4.78 is 11.1. The van der Waals surface area contributed by atoms with Crippen molar-refractivity contribution in [3.05, 3.63) is 16.3 Å². The number of carbonyl (C=O) groups is 2. The molecule has 2 N–H and O–H groups in total. The maximum atomic E-state index is 13.0. The summed E-state index contributed by atoms with van der Waals surface area (Å²) >= 11 is 1.44. The summed E-state index contributed by atoms with van der Waals surface area (Å²) in [5.41, 5.74) is 1.82. The van der Waals surface area contributed by atoms with Crippen LogP contribution >= 0.6 is 11.3 Å². The third kappa shape index (κ3) is 3.93. The zero-order valence-electron chi connectivity index (χ0n) is 16.6. The quantitative estimate of drug-likeness (QED) is 0.757. The molecule has 2 atom stereocenters. The molecule has 29 heavy (non-hydrogen) atoms. The number of thiophene rings is 1. The molecule has 2 aromatic heterocycles. The van der Waals surface area contributed by atoms with E-state index in [4.69, 9.17) is 9.26 Å². The molecule has 0 radical (unpaired) electrons. The standard InChI is InChI=1S/C20H25N3O5S/c1-10(2)16-21-18(28-23-16)15-13-7-8-27-9-14(13)29-19(15)22-17(24)11-5-3-4-6-12(11)20(25)26/h10-12H,3-9H2,1-2H3,(H,22,24)(H,25,26)/t11-,12-/m1/s1. The summed E-state index contributed by atoms with van der Waals surface area (Å²) in [6, 6.07) is 0. The summed E-state index contributed by atoms with van der Waals surface area (Å²) in [7, 11) is 0. The van der Waals surface area contributed by atoms with Gasteiger partial charge < -0.3 is 19.7 Å². The number of hydrogen-bond donors (Lipinski definition) is 2. The highest BCUT2D eigenvalue weighted by Crippen LogP contribution is 2.43. The highest BCUT2D eigenvalue weighted by Gasteiger charge is 2.37. The van der Waals surface area contributed by atoms with E-state index in [1.807, 2.05) is 13.8 Å². The van der Waals surface area contributed by atoms with Crippen molar-refractivity contribution in [2.45, 2.75) is 58.5 Å². The molecule has 3 heterocycles. The molecule has 2 aliphatic rings. The highest BCUT2D eigenvalue weighted by molar-refractivity contribution is 7.17. The van der Waals surface area contributed by atoms with Gasteiger partial charge in [0.15, 0.2) is 5.82 Å². The van der Waals surface area contributed by atoms with Gasteiger partial charge in [-0.15, -0.1) is 11.3 Å². The Bertz CT molecular complexity index is 919. The Hall–Kier alpha value is -2.26. The van der Waals surface area contributed by atoms with Crippen molar-refractivity contribution in [3.8, 4) is 11.5 Å². The van der Waals surface area contributed by atoms with Crippen LogP contribution in [0.25, 0.3) is 11.5 Å². The van der Waals surface area contributed by atoms with Gasteiger partial charge in [0.25, 0.3) is 5.89 Å². The number of nitrogens with zero attached hydrogens (tertiary/aromatic N) is 2. The zero-order chi connectivity index (χ0) is 20.5. The van der Waals surface area contributed by atoms with Gasteiger partial charge in [0.05, 0.1) is 30.6 Å². The molecule has 0 saturated heterocycles. The number of fused-ring (bicyclic) bond motifs is 1. The van der Waals surface area contributed by atoms with E-state index >= 15 is 0 Å². The van der Waals surface area contributed by atoms with Gasteiger partial charge in [0, 0.05) is 10.8 Å². The first-order valence-electron chi connectivity index (χ1n) is 10.1. The minimum absolute atomic E-state index is 0.127. The maximum Gasteiger partial charge on any atom is 0.307 e. The van der Waals surface area contributed by atoms with Gasteiger partial charge in [-0.1, -0.05) is 31.8 Å². The molecule has 1 amide bonds. The van der Waals surface area contributed by atoms with Gasteiger partial charge >= 0.3 is 5.97 Å². The molecule has 0 spiro atoms. The lowest BCUT2D eigenvalue weighted by molar-refractivity contribution is -0.147. The predicted molar refractivity (Wildman–Crippen MR) is 107 cm³/mol. The van der Waals surface area contributed by atoms with Crippen LogP contribution in [-0.2, 0) is 27.4 Å². The first-order valence-corrected chi connectivity index (χ1v) is 10.9. The highest BCUT2D eigenvalue weighted by atomic mass is 32.1. The third-order valence-corrected chi connectivity index (χ3v) is 6.77. The lowest BCUT2D eigenvalue weighted by atomic mass is 9.79. The summed E-state index contributed by atoms with van der Waals surface area (Å²) in [6.45, 7) is 5.06. The number of carbonyl (C=O) groups excluding carboxylic acids is 1. The van der Waals surface area contributed by atoms with Crippen LogP contribution in [0.3, 0.4) is 0 Å². The van der Waals surface area contributed by atoms with E-state index in [0.717, 1.165) is 28.8 Å². The fourth-order valence-electron chi connectivity index (χ4n) is 4.06. The number of anilines is 1. The van der Waals surface area contributed by atoms with Crippen molar-refractivity contribution in [1.29, 1.82) is 0 Å². The number of aliphatic carboxylic acids is 1. The van der Waals surface area contributed by atoms with E-state index in [9.17, 15) is 14.7 Å². The molecule has 1 aliphatic carbocycles. The average molecular weight is 420 g/mol. The fraction of sp³-hybridized carbons (Fsp3) is 0.600. The van der Waals surface area contributed by atoms with E-state index in [1.54, 1.807) is 0 Å². The minimum atomic E-state index is -0.901. The molecule has 1 fully saturated rings. The molecular formula is C20H25N3O5S. The van der Waals surface area contributed by atoms with Crippen molar-refractivity contribution in [2.75, 3.05) is 11.9 Å². The number of rotatable bonds is 5. The molecule has 0 unspecified atom stereocenters. The first-order chi connectivity index (χ1) is 14.0. The van der Waals surface area contributed by atoms with Gasteiger partial charge in [0.1, 0.15) is 5.00 Å². The Balaban J connectivity index is 1.67. The Kier molecular flexibility index (Phi) is 5.69. The molecule has 8 nitrogen and oxygen atoms in total. The molecule has 2 aromatic rings. The number of hydrogen-bond acceptors (Lipinski definition) is 7. The predicted octanol–water partition coefficient (Wildman–Crippen LogP) is 3.82. The van der Waals surface area contributed by atoms with Crippen LogP contribution in [0.2, 0.25) is 0 Å². The number of aromatic nitrogens is 2. The van der Waals surface area contributed by atoms with Crippen LogP contribution < -0.4 is 5.32 Å². The topological polar surface area (TPSA) is 115 Å². The second-order valence-corrected chi connectivity index (χ2v) is 9.05. The second kappa shape index (κ2) is 8.23. The number of amides is 1. The number of nitrogens with one attached hydrogen (secondary N) is 1. The number of ether oxygens (including phenoxy) is 1. The van der Waals surface area contributed by atoms with Crippen LogP contribution in [-0.4, -0.2) is 33.7 Å². The molecule has 0 aromatic carbocycles. The molecular weight excluding hydrogens is 394 g/mol. The maximum absolute atomic E-state index is 13.0. The molecule has 156 valence electrons. The van der Waals surface area contributed by atoms with Gasteiger partial charge in [-0.05, 0) is 24.8 Å². The van der Waals surface area contributed by atoms with E-state index in [-0.39, 0.29) is 11.8 Å².